The van der Waals surface area contributed by atoms with E-state index in [-0.39, 0.29) is 27.8 Å². The third kappa shape index (κ3) is 2.54. The molecule has 18 heavy (non-hydrogen) atoms. The Morgan fingerprint density at radius 1 is 1.39 bits per heavy atom. The van der Waals surface area contributed by atoms with Gasteiger partial charge in [-0.3, -0.25) is 9.36 Å². The van der Waals surface area contributed by atoms with Crippen LogP contribution in [0.15, 0.2) is 29.1 Å². The SMILES string of the molecule is Cc1nc(Cl)cc(=O)n1Cc1c(F)cccc1Cl. The number of hydrogen-bond donors (Lipinski definition) is 0. The summed E-state index contributed by atoms with van der Waals surface area (Å²) in [7, 11) is 0. The van der Waals surface area contributed by atoms with Crippen molar-refractivity contribution in [3.8, 4) is 0 Å². The van der Waals surface area contributed by atoms with Gasteiger partial charge in [-0.05, 0) is 19.1 Å². The number of nitrogens with zero attached hydrogens (tertiary/aromatic N) is 2. The van der Waals surface area contributed by atoms with E-state index in [1.165, 1.54) is 22.8 Å². The van der Waals surface area contributed by atoms with Gasteiger partial charge < -0.3 is 0 Å². The summed E-state index contributed by atoms with van der Waals surface area (Å²) in [6, 6.07) is 5.56. The molecule has 0 saturated carbocycles. The van der Waals surface area contributed by atoms with E-state index in [9.17, 15) is 9.18 Å². The Morgan fingerprint density at radius 3 is 2.72 bits per heavy atom. The zero-order chi connectivity index (χ0) is 13.3. The molecular weight excluding hydrogens is 278 g/mol. The standard InChI is InChI=1S/C12H9Cl2FN2O/c1-7-16-11(14)5-12(18)17(7)6-8-9(13)3-2-4-10(8)15/h2-5H,6H2,1H3. The summed E-state index contributed by atoms with van der Waals surface area (Å²) < 4.78 is 14.9. The summed E-state index contributed by atoms with van der Waals surface area (Å²) in [5.74, 6) is -0.0458. The average Bonchev–Trinajstić information content (AvgIpc) is 2.26. The van der Waals surface area contributed by atoms with Crippen LogP contribution in [0.3, 0.4) is 0 Å². The Kier molecular flexibility index (Phi) is 3.68. The zero-order valence-electron chi connectivity index (χ0n) is 9.45. The largest absolute Gasteiger partial charge is 0.292 e. The van der Waals surface area contributed by atoms with Crippen molar-refractivity contribution in [3.63, 3.8) is 0 Å². The van der Waals surface area contributed by atoms with E-state index in [1.807, 2.05) is 0 Å². The van der Waals surface area contributed by atoms with Gasteiger partial charge in [-0.1, -0.05) is 29.3 Å². The third-order valence-electron chi connectivity index (χ3n) is 2.55. The maximum absolute atomic E-state index is 13.6. The van der Waals surface area contributed by atoms with Crippen molar-refractivity contribution in [3.05, 3.63) is 62.0 Å². The molecule has 0 aliphatic rings. The topological polar surface area (TPSA) is 34.9 Å². The molecule has 2 rings (SSSR count). The first-order chi connectivity index (χ1) is 8.49. The fourth-order valence-corrected chi connectivity index (χ4v) is 2.06. The first kappa shape index (κ1) is 13.1. The summed E-state index contributed by atoms with van der Waals surface area (Å²) >= 11 is 11.6. The van der Waals surface area contributed by atoms with Crippen molar-refractivity contribution in [2.24, 2.45) is 0 Å². The molecule has 0 N–H and O–H groups in total. The van der Waals surface area contributed by atoms with Crippen LogP contribution in [0.4, 0.5) is 4.39 Å². The predicted molar refractivity (Wildman–Crippen MR) is 68.8 cm³/mol. The first-order valence-electron chi connectivity index (χ1n) is 5.16. The molecule has 0 unspecified atom stereocenters. The van der Waals surface area contributed by atoms with Crippen LogP contribution in [0, 0.1) is 12.7 Å². The molecule has 1 heterocycles. The summed E-state index contributed by atoms with van der Waals surface area (Å²) in [6.45, 7) is 1.66. The Balaban J connectivity index is 2.50. The molecule has 2 aromatic rings. The van der Waals surface area contributed by atoms with Gasteiger partial charge in [0.1, 0.15) is 16.8 Å². The smallest absolute Gasteiger partial charge is 0.255 e. The van der Waals surface area contributed by atoms with Crippen molar-refractivity contribution in [1.29, 1.82) is 0 Å². The maximum Gasteiger partial charge on any atom is 0.255 e. The van der Waals surface area contributed by atoms with Gasteiger partial charge >= 0.3 is 0 Å². The molecule has 0 aliphatic heterocycles. The highest BCUT2D eigenvalue weighted by molar-refractivity contribution is 6.31. The van der Waals surface area contributed by atoms with Crippen LogP contribution in [0.25, 0.3) is 0 Å². The second kappa shape index (κ2) is 5.08. The molecule has 1 aromatic heterocycles. The molecular formula is C12H9Cl2FN2O. The quantitative estimate of drug-likeness (QED) is 0.796. The lowest BCUT2D eigenvalue weighted by molar-refractivity contribution is 0.590. The van der Waals surface area contributed by atoms with Crippen LogP contribution >= 0.6 is 23.2 Å². The van der Waals surface area contributed by atoms with E-state index < -0.39 is 5.82 Å². The highest BCUT2D eigenvalue weighted by atomic mass is 35.5. The molecule has 0 atom stereocenters. The first-order valence-corrected chi connectivity index (χ1v) is 5.91. The number of aryl methyl sites for hydroxylation is 1. The monoisotopic (exact) mass is 286 g/mol. The molecule has 1 aromatic carbocycles. The molecule has 0 radical (unpaired) electrons. The molecule has 0 bridgehead atoms. The summed E-state index contributed by atoms with van der Waals surface area (Å²) in [5.41, 5.74) is -0.0830. The molecule has 6 heteroatoms. The van der Waals surface area contributed by atoms with Crippen LogP contribution in [-0.4, -0.2) is 9.55 Å². The molecule has 94 valence electrons. The highest BCUT2D eigenvalue weighted by Crippen LogP contribution is 2.20. The van der Waals surface area contributed by atoms with E-state index in [1.54, 1.807) is 13.0 Å². The van der Waals surface area contributed by atoms with E-state index in [0.717, 1.165) is 0 Å². The van der Waals surface area contributed by atoms with Crippen molar-refractivity contribution in [1.82, 2.24) is 9.55 Å². The Hall–Kier alpha value is -1.39. The Morgan fingerprint density at radius 2 is 2.11 bits per heavy atom. The van der Waals surface area contributed by atoms with Crippen LogP contribution in [0.2, 0.25) is 10.2 Å². The minimum absolute atomic E-state index is 0.0281. The Labute approximate surface area is 113 Å². The predicted octanol–water partition coefficient (Wildman–Crippen LogP) is 3.05. The minimum Gasteiger partial charge on any atom is -0.292 e. The molecule has 3 nitrogen and oxygen atoms in total. The van der Waals surface area contributed by atoms with Crippen LogP contribution in [-0.2, 0) is 6.54 Å². The van der Waals surface area contributed by atoms with Gasteiger partial charge in [0.05, 0.1) is 6.54 Å². The lowest BCUT2D eigenvalue weighted by Crippen LogP contribution is -2.24. The Bertz CT molecular complexity index is 635. The fourth-order valence-electron chi connectivity index (χ4n) is 1.62. The number of aromatic nitrogens is 2. The van der Waals surface area contributed by atoms with E-state index >= 15 is 0 Å². The fraction of sp³-hybridized carbons (Fsp3) is 0.167. The maximum atomic E-state index is 13.6. The second-order valence-electron chi connectivity index (χ2n) is 3.75. The summed E-state index contributed by atoms with van der Waals surface area (Å²) in [6.07, 6.45) is 0. The van der Waals surface area contributed by atoms with Crippen molar-refractivity contribution in [2.45, 2.75) is 13.5 Å². The summed E-state index contributed by atoms with van der Waals surface area (Å²) in [5, 5.41) is 0.393. The van der Waals surface area contributed by atoms with Crippen molar-refractivity contribution >= 4 is 23.2 Å². The van der Waals surface area contributed by atoms with E-state index in [0.29, 0.717) is 5.82 Å². The highest BCUT2D eigenvalue weighted by Gasteiger charge is 2.11. The van der Waals surface area contributed by atoms with Crippen LogP contribution in [0.5, 0.6) is 0 Å². The minimum atomic E-state index is -0.455. The number of hydrogen-bond acceptors (Lipinski definition) is 2. The lowest BCUT2D eigenvalue weighted by Gasteiger charge is -2.11. The molecule has 0 fully saturated rings. The van der Waals surface area contributed by atoms with Crippen LogP contribution in [0.1, 0.15) is 11.4 Å². The van der Waals surface area contributed by atoms with Crippen molar-refractivity contribution in [2.75, 3.05) is 0 Å². The van der Waals surface area contributed by atoms with Gasteiger partial charge in [0.2, 0.25) is 0 Å². The van der Waals surface area contributed by atoms with Gasteiger partial charge in [0.15, 0.2) is 0 Å². The van der Waals surface area contributed by atoms with E-state index in [2.05, 4.69) is 4.98 Å². The molecule has 0 amide bonds. The number of halogens is 3. The van der Waals surface area contributed by atoms with Crippen molar-refractivity contribution < 1.29 is 4.39 Å². The summed E-state index contributed by atoms with van der Waals surface area (Å²) in [4.78, 5) is 15.7. The van der Waals surface area contributed by atoms with Gasteiger partial charge in [0.25, 0.3) is 5.56 Å². The third-order valence-corrected chi connectivity index (χ3v) is 3.09. The molecule has 0 aliphatic carbocycles. The van der Waals surface area contributed by atoms with Gasteiger partial charge in [-0.2, -0.15) is 0 Å². The van der Waals surface area contributed by atoms with Gasteiger partial charge in [0, 0.05) is 16.7 Å². The molecule has 0 spiro atoms. The van der Waals surface area contributed by atoms with Gasteiger partial charge in [-0.15, -0.1) is 0 Å². The normalized spacial score (nSPS) is 10.7. The molecule has 0 saturated heterocycles. The number of rotatable bonds is 2. The second-order valence-corrected chi connectivity index (χ2v) is 4.55. The lowest BCUT2D eigenvalue weighted by atomic mass is 10.2. The van der Waals surface area contributed by atoms with E-state index in [4.69, 9.17) is 23.2 Å². The zero-order valence-corrected chi connectivity index (χ0v) is 11.0. The number of benzene rings is 1. The van der Waals surface area contributed by atoms with Crippen LogP contribution < -0.4 is 5.56 Å². The average molecular weight is 287 g/mol. The van der Waals surface area contributed by atoms with Gasteiger partial charge in [-0.25, -0.2) is 9.37 Å².